The van der Waals surface area contributed by atoms with Crippen LogP contribution >= 0.6 is 0 Å². The molecule has 0 saturated carbocycles. The number of benzene rings is 2. The maximum absolute atomic E-state index is 12.9. The summed E-state index contributed by atoms with van der Waals surface area (Å²) in [5, 5.41) is 3.08. The average molecular weight is 395 g/mol. The summed E-state index contributed by atoms with van der Waals surface area (Å²) in [5.74, 6) is 0.810. The van der Waals surface area contributed by atoms with Crippen molar-refractivity contribution in [3.63, 3.8) is 0 Å². The summed E-state index contributed by atoms with van der Waals surface area (Å²) in [6.07, 6.45) is 1.94. The zero-order valence-corrected chi connectivity index (χ0v) is 17.5. The molecule has 5 nitrogen and oxygen atoms in total. The number of ether oxygens (including phenoxy) is 1. The highest BCUT2D eigenvalue weighted by Gasteiger charge is 2.39. The molecule has 0 aromatic heterocycles. The molecule has 0 bridgehead atoms. The Hall–Kier alpha value is -2.82. The fourth-order valence-corrected chi connectivity index (χ4v) is 3.90. The second-order valence-corrected chi connectivity index (χ2v) is 8.12. The third-order valence-electron chi connectivity index (χ3n) is 5.79. The zero-order valence-electron chi connectivity index (χ0n) is 17.5. The molecule has 3 rings (SSSR count). The highest BCUT2D eigenvalue weighted by atomic mass is 16.5. The second kappa shape index (κ2) is 9.12. The number of likely N-dealkylation sites (tertiary alicyclic amines) is 1. The van der Waals surface area contributed by atoms with E-state index in [2.05, 4.69) is 5.32 Å². The Balaban J connectivity index is 1.61. The predicted octanol–water partition coefficient (Wildman–Crippen LogP) is 3.49. The van der Waals surface area contributed by atoms with Gasteiger partial charge in [-0.2, -0.15) is 0 Å². The van der Waals surface area contributed by atoms with E-state index in [-0.39, 0.29) is 11.8 Å². The maximum Gasteiger partial charge on any atom is 0.227 e. The van der Waals surface area contributed by atoms with Crippen molar-refractivity contribution < 1.29 is 14.3 Å². The molecule has 0 spiro atoms. The van der Waals surface area contributed by atoms with Gasteiger partial charge >= 0.3 is 0 Å². The topological polar surface area (TPSA) is 58.6 Å². The van der Waals surface area contributed by atoms with Gasteiger partial charge in [0, 0.05) is 19.6 Å². The number of carbonyl (C=O) groups excluding carboxylic acids is 2. The van der Waals surface area contributed by atoms with Gasteiger partial charge in [0.1, 0.15) is 5.75 Å². The molecule has 1 fully saturated rings. The third-order valence-corrected chi connectivity index (χ3v) is 5.79. The van der Waals surface area contributed by atoms with Crippen LogP contribution in [0.25, 0.3) is 0 Å². The Kier molecular flexibility index (Phi) is 6.57. The largest absolute Gasteiger partial charge is 0.497 e. The number of carbonyl (C=O) groups is 2. The fraction of sp³-hybridized carbons (Fsp3) is 0.417. The van der Waals surface area contributed by atoms with Gasteiger partial charge < -0.3 is 15.0 Å². The Morgan fingerprint density at radius 2 is 1.97 bits per heavy atom. The van der Waals surface area contributed by atoms with Crippen LogP contribution in [0, 0.1) is 12.3 Å². The van der Waals surface area contributed by atoms with Crippen molar-refractivity contribution >= 4 is 11.8 Å². The number of rotatable bonds is 6. The minimum absolute atomic E-state index is 0.0135. The molecule has 0 radical (unpaired) electrons. The lowest BCUT2D eigenvalue weighted by Gasteiger charge is -2.39. The summed E-state index contributed by atoms with van der Waals surface area (Å²) in [6, 6.07) is 15.6. The van der Waals surface area contributed by atoms with E-state index in [0.29, 0.717) is 26.1 Å². The van der Waals surface area contributed by atoms with Gasteiger partial charge in [-0.1, -0.05) is 36.4 Å². The van der Waals surface area contributed by atoms with Gasteiger partial charge in [0.2, 0.25) is 11.8 Å². The van der Waals surface area contributed by atoms with Crippen LogP contribution in [0.15, 0.2) is 48.5 Å². The summed E-state index contributed by atoms with van der Waals surface area (Å²) >= 11 is 0. The van der Waals surface area contributed by atoms with Crippen LogP contribution in [0.4, 0.5) is 0 Å². The molecule has 154 valence electrons. The number of aryl methyl sites for hydroxylation is 1. The van der Waals surface area contributed by atoms with E-state index in [9.17, 15) is 9.59 Å². The Labute approximate surface area is 173 Å². The minimum Gasteiger partial charge on any atom is -0.497 e. The van der Waals surface area contributed by atoms with E-state index in [1.807, 2.05) is 67.3 Å². The van der Waals surface area contributed by atoms with Gasteiger partial charge in [0.05, 0.1) is 18.9 Å². The molecule has 2 amide bonds. The normalized spacial score (nSPS) is 18.9. The molecule has 2 aromatic carbocycles. The van der Waals surface area contributed by atoms with Gasteiger partial charge in [-0.15, -0.1) is 0 Å². The first kappa shape index (κ1) is 20.9. The number of amides is 2. The van der Waals surface area contributed by atoms with Crippen LogP contribution in [0.3, 0.4) is 0 Å². The summed E-state index contributed by atoms with van der Waals surface area (Å²) < 4.78 is 5.24. The summed E-state index contributed by atoms with van der Waals surface area (Å²) in [6.45, 7) is 5.67. The van der Waals surface area contributed by atoms with Crippen LogP contribution in [0.2, 0.25) is 0 Å². The zero-order chi connectivity index (χ0) is 20.9. The quantitative estimate of drug-likeness (QED) is 0.816. The summed E-state index contributed by atoms with van der Waals surface area (Å²) in [5.41, 5.74) is 2.64. The highest BCUT2D eigenvalue weighted by Crippen LogP contribution is 2.30. The molecular formula is C24H30N2O3. The average Bonchev–Trinajstić information content (AvgIpc) is 2.73. The highest BCUT2D eigenvalue weighted by molar-refractivity contribution is 5.85. The lowest BCUT2D eigenvalue weighted by Crippen LogP contribution is -2.52. The van der Waals surface area contributed by atoms with Gasteiger partial charge in [0.15, 0.2) is 0 Å². The van der Waals surface area contributed by atoms with Crippen molar-refractivity contribution in [2.75, 3.05) is 20.2 Å². The third kappa shape index (κ3) is 5.17. The number of hydrogen-bond acceptors (Lipinski definition) is 3. The van der Waals surface area contributed by atoms with Crippen molar-refractivity contribution in [1.82, 2.24) is 10.2 Å². The van der Waals surface area contributed by atoms with Crippen LogP contribution in [0.5, 0.6) is 5.75 Å². The molecule has 1 N–H and O–H groups in total. The van der Waals surface area contributed by atoms with Gasteiger partial charge in [-0.3, -0.25) is 9.59 Å². The van der Waals surface area contributed by atoms with E-state index in [0.717, 1.165) is 35.3 Å². The van der Waals surface area contributed by atoms with Crippen LogP contribution in [0.1, 0.15) is 36.5 Å². The van der Waals surface area contributed by atoms with E-state index in [1.165, 1.54) is 0 Å². The molecule has 0 aliphatic carbocycles. The molecule has 2 aromatic rings. The first-order chi connectivity index (χ1) is 13.9. The summed E-state index contributed by atoms with van der Waals surface area (Å²) in [7, 11) is 1.62. The molecule has 1 heterocycles. The second-order valence-electron chi connectivity index (χ2n) is 8.12. The van der Waals surface area contributed by atoms with Crippen LogP contribution in [-0.2, 0) is 22.6 Å². The number of nitrogens with one attached hydrogen (secondary N) is 1. The van der Waals surface area contributed by atoms with E-state index < -0.39 is 5.41 Å². The molecule has 1 saturated heterocycles. The smallest absolute Gasteiger partial charge is 0.227 e. The van der Waals surface area contributed by atoms with Gasteiger partial charge in [-0.05, 0) is 55.5 Å². The van der Waals surface area contributed by atoms with Crippen molar-refractivity contribution in [3.05, 3.63) is 65.2 Å². The molecule has 5 heteroatoms. The van der Waals surface area contributed by atoms with Crippen molar-refractivity contribution in [2.45, 2.75) is 39.7 Å². The Morgan fingerprint density at radius 3 is 2.72 bits per heavy atom. The lowest BCUT2D eigenvalue weighted by molar-refractivity contribution is -0.140. The number of hydrogen-bond donors (Lipinski definition) is 1. The van der Waals surface area contributed by atoms with Gasteiger partial charge in [-0.25, -0.2) is 0 Å². The van der Waals surface area contributed by atoms with Crippen LogP contribution < -0.4 is 10.1 Å². The van der Waals surface area contributed by atoms with Crippen molar-refractivity contribution in [1.29, 1.82) is 0 Å². The first-order valence-electron chi connectivity index (χ1n) is 10.1. The van der Waals surface area contributed by atoms with E-state index in [4.69, 9.17) is 4.74 Å². The minimum atomic E-state index is -0.565. The molecule has 1 aliphatic heterocycles. The van der Waals surface area contributed by atoms with E-state index >= 15 is 0 Å². The number of methoxy groups -OCH3 is 1. The molecule has 1 aliphatic rings. The standard InChI is InChI=1S/C24H30N2O3/c1-18-8-4-5-10-20(18)16-25-23(28)24(2)12-7-13-26(17-24)22(27)15-19-9-6-11-21(14-19)29-3/h4-6,8-11,14H,7,12-13,15-17H2,1-3H3,(H,25,28)/t24-/m1/s1. The monoisotopic (exact) mass is 394 g/mol. The maximum atomic E-state index is 12.9. The fourth-order valence-electron chi connectivity index (χ4n) is 3.90. The predicted molar refractivity (Wildman–Crippen MR) is 114 cm³/mol. The van der Waals surface area contributed by atoms with Crippen LogP contribution in [-0.4, -0.2) is 36.9 Å². The Bertz CT molecular complexity index is 880. The number of nitrogens with zero attached hydrogens (tertiary/aromatic N) is 1. The van der Waals surface area contributed by atoms with Crippen molar-refractivity contribution in [2.24, 2.45) is 5.41 Å². The Morgan fingerprint density at radius 1 is 1.17 bits per heavy atom. The van der Waals surface area contributed by atoms with Gasteiger partial charge in [0.25, 0.3) is 0 Å². The molecule has 1 atom stereocenters. The molecule has 29 heavy (non-hydrogen) atoms. The summed E-state index contributed by atoms with van der Waals surface area (Å²) in [4.78, 5) is 27.6. The van der Waals surface area contributed by atoms with E-state index in [1.54, 1.807) is 7.11 Å². The molecule has 0 unspecified atom stereocenters. The lowest BCUT2D eigenvalue weighted by atomic mass is 9.80. The number of piperidine rings is 1. The SMILES string of the molecule is COc1cccc(CC(=O)N2CCC[C@@](C)(C(=O)NCc3ccccc3C)C2)c1. The van der Waals surface area contributed by atoms with Crippen molar-refractivity contribution in [3.8, 4) is 5.75 Å². The molecular weight excluding hydrogens is 364 g/mol. The first-order valence-corrected chi connectivity index (χ1v) is 10.1.